The van der Waals surface area contributed by atoms with Gasteiger partial charge in [0.1, 0.15) is 5.82 Å². The quantitative estimate of drug-likeness (QED) is 0.563. The van der Waals surface area contributed by atoms with E-state index in [1.54, 1.807) is 0 Å². The molecule has 16 heavy (non-hydrogen) atoms. The van der Waals surface area contributed by atoms with Crippen molar-refractivity contribution in [3.63, 3.8) is 0 Å². The van der Waals surface area contributed by atoms with Crippen LogP contribution in [0.15, 0.2) is 18.2 Å². The first-order chi connectivity index (χ1) is 7.40. The third kappa shape index (κ3) is 1.75. The second-order valence-electron chi connectivity index (χ2n) is 4.01. The molecule has 1 aliphatic carbocycles. The Morgan fingerprint density at radius 1 is 1.25 bits per heavy atom. The number of benzene rings is 1. The van der Waals surface area contributed by atoms with E-state index in [0.717, 1.165) is 12.1 Å². The van der Waals surface area contributed by atoms with E-state index in [1.807, 2.05) is 0 Å². The van der Waals surface area contributed by atoms with Crippen molar-refractivity contribution in [3.8, 4) is 0 Å². The van der Waals surface area contributed by atoms with Crippen LogP contribution in [-0.2, 0) is 10.7 Å². The van der Waals surface area contributed by atoms with Crippen LogP contribution in [0.4, 0.5) is 17.6 Å². The fraction of sp³-hybridized carbons (Fsp3) is 0.455. The van der Waals surface area contributed by atoms with Gasteiger partial charge in [-0.05, 0) is 36.1 Å². The number of alkyl halides is 4. The lowest BCUT2D eigenvalue weighted by molar-refractivity contribution is -0.160. The van der Waals surface area contributed by atoms with E-state index in [9.17, 15) is 17.6 Å². The summed E-state index contributed by atoms with van der Waals surface area (Å²) in [4.78, 5) is 0. The topological polar surface area (TPSA) is 0 Å². The van der Waals surface area contributed by atoms with Crippen molar-refractivity contribution in [2.45, 2.75) is 29.8 Å². The Kier molecular flexibility index (Phi) is 2.77. The highest BCUT2D eigenvalue weighted by molar-refractivity contribution is 9.08. The van der Waals surface area contributed by atoms with Gasteiger partial charge in [0.15, 0.2) is 0 Å². The number of hydrogen-bond acceptors (Lipinski definition) is 0. The summed E-state index contributed by atoms with van der Waals surface area (Å²) in [5, 5.41) is 0.234. The zero-order chi connectivity index (χ0) is 12.0. The van der Waals surface area contributed by atoms with Gasteiger partial charge in [0.25, 0.3) is 0 Å². The van der Waals surface area contributed by atoms with E-state index in [4.69, 9.17) is 0 Å². The van der Waals surface area contributed by atoms with Crippen molar-refractivity contribution >= 4 is 15.9 Å². The number of hydrogen-bond donors (Lipinski definition) is 0. The predicted molar refractivity (Wildman–Crippen MR) is 56.0 cm³/mol. The standard InChI is InChI=1S/C11H9BrF4/c12-6-7-5-8(13)1-2-9(7)10(3-4-10)11(14,15)16/h1-2,5H,3-4,6H2. The predicted octanol–water partition coefficient (Wildman–Crippen LogP) is 4.31. The molecule has 1 aliphatic rings. The molecule has 5 heteroatoms. The van der Waals surface area contributed by atoms with Crippen LogP contribution in [0.3, 0.4) is 0 Å². The summed E-state index contributed by atoms with van der Waals surface area (Å²) < 4.78 is 51.6. The average Bonchev–Trinajstić information content (AvgIpc) is 2.97. The smallest absolute Gasteiger partial charge is 0.207 e. The van der Waals surface area contributed by atoms with E-state index in [0.29, 0.717) is 5.56 Å². The zero-order valence-corrected chi connectivity index (χ0v) is 9.83. The molecular formula is C11H9BrF4. The molecule has 0 amide bonds. The average molecular weight is 297 g/mol. The monoisotopic (exact) mass is 296 g/mol. The molecule has 0 spiro atoms. The lowest BCUT2D eigenvalue weighted by Crippen LogP contribution is -2.29. The Bertz CT molecular complexity index is 407. The molecule has 2 rings (SSSR count). The highest BCUT2D eigenvalue weighted by Gasteiger charge is 2.64. The summed E-state index contributed by atoms with van der Waals surface area (Å²) in [5.74, 6) is -0.504. The largest absolute Gasteiger partial charge is 0.398 e. The first kappa shape index (κ1) is 11.9. The highest BCUT2D eigenvalue weighted by atomic mass is 79.9. The number of halogens is 5. The summed E-state index contributed by atoms with van der Waals surface area (Å²) in [6.45, 7) is 0. The van der Waals surface area contributed by atoms with Crippen LogP contribution in [0, 0.1) is 5.82 Å². The molecule has 88 valence electrons. The van der Waals surface area contributed by atoms with Crippen molar-refractivity contribution in [2.24, 2.45) is 0 Å². The fourth-order valence-electron chi connectivity index (χ4n) is 1.97. The van der Waals surface area contributed by atoms with E-state index in [2.05, 4.69) is 15.9 Å². The van der Waals surface area contributed by atoms with E-state index >= 15 is 0 Å². The summed E-state index contributed by atoms with van der Waals surface area (Å²) in [7, 11) is 0. The molecule has 0 aliphatic heterocycles. The maximum Gasteiger partial charge on any atom is 0.398 e. The van der Waals surface area contributed by atoms with E-state index < -0.39 is 17.4 Å². The van der Waals surface area contributed by atoms with Crippen LogP contribution in [-0.4, -0.2) is 6.18 Å². The van der Waals surface area contributed by atoms with Crippen molar-refractivity contribution in [1.82, 2.24) is 0 Å². The zero-order valence-electron chi connectivity index (χ0n) is 8.24. The lowest BCUT2D eigenvalue weighted by atomic mass is 9.91. The van der Waals surface area contributed by atoms with Gasteiger partial charge < -0.3 is 0 Å². The second-order valence-corrected chi connectivity index (χ2v) is 4.58. The van der Waals surface area contributed by atoms with Gasteiger partial charge in [-0.3, -0.25) is 0 Å². The Balaban J connectivity index is 2.49. The van der Waals surface area contributed by atoms with Gasteiger partial charge in [0.2, 0.25) is 0 Å². The molecule has 0 radical (unpaired) electrons. The lowest BCUT2D eigenvalue weighted by Gasteiger charge is -2.22. The van der Waals surface area contributed by atoms with Gasteiger partial charge in [-0.2, -0.15) is 13.2 Å². The van der Waals surface area contributed by atoms with Crippen molar-refractivity contribution in [1.29, 1.82) is 0 Å². The first-order valence-electron chi connectivity index (χ1n) is 4.82. The van der Waals surface area contributed by atoms with Crippen LogP contribution in [0.25, 0.3) is 0 Å². The highest BCUT2D eigenvalue weighted by Crippen LogP contribution is 2.59. The molecular weight excluding hydrogens is 288 g/mol. The SMILES string of the molecule is Fc1ccc(C2(C(F)(F)F)CC2)c(CBr)c1. The van der Waals surface area contributed by atoms with Gasteiger partial charge in [0.05, 0.1) is 5.41 Å². The molecule has 0 heterocycles. The molecule has 1 aromatic carbocycles. The Morgan fingerprint density at radius 2 is 1.88 bits per heavy atom. The summed E-state index contributed by atoms with van der Waals surface area (Å²) in [5.41, 5.74) is -1.14. The third-order valence-corrected chi connectivity index (χ3v) is 3.62. The Hall–Kier alpha value is -0.580. The molecule has 0 unspecified atom stereocenters. The minimum atomic E-state index is -4.25. The van der Waals surface area contributed by atoms with Crippen LogP contribution < -0.4 is 0 Å². The third-order valence-electron chi connectivity index (χ3n) is 3.02. The van der Waals surface area contributed by atoms with Crippen LogP contribution in [0.2, 0.25) is 0 Å². The molecule has 0 N–H and O–H groups in total. The van der Waals surface area contributed by atoms with E-state index in [-0.39, 0.29) is 23.7 Å². The van der Waals surface area contributed by atoms with Crippen molar-refractivity contribution in [3.05, 3.63) is 35.1 Å². The Labute approximate surface area is 98.8 Å². The fourth-order valence-corrected chi connectivity index (χ4v) is 2.43. The maximum absolute atomic E-state index is 12.9. The molecule has 0 nitrogen and oxygen atoms in total. The van der Waals surface area contributed by atoms with Gasteiger partial charge in [-0.25, -0.2) is 4.39 Å². The normalized spacial score (nSPS) is 18.6. The molecule has 0 aromatic heterocycles. The first-order valence-corrected chi connectivity index (χ1v) is 5.94. The van der Waals surface area contributed by atoms with Gasteiger partial charge in [0, 0.05) is 5.33 Å². The van der Waals surface area contributed by atoms with Crippen LogP contribution in [0.5, 0.6) is 0 Å². The number of rotatable bonds is 2. The summed E-state index contributed by atoms with van der Waals surface area (Å²) in [6, 6.07) is 3.51. The molecule has 1 fully saturated rings. The van der Waals surface area contributed by atoms with Gasteiger partial charge in [-0.1, -0.05) is 22.0 Å². The Morgan fingerprint density at radius 3 is 2.31 bits per heavy atom. The van der Waals surface area contributed by atoms with Gasteiger partial charge in [-0.15, -0.1) is 0 Å². The second kappa shape index (κ2) is 3.72. The summed E-state index contributed by atoms with van der Waals surface area (Å²) >= 11 is 3.10. The van der Waals surface area contributed by atoms with Crippen LogP contribution >= 0.6 is 15.9 Å². The molecule has 0 bridgehead atoms. The van der Waals surface area contributed by atoms with Crippen LogP contribution in [0.1, 0.15) is 24.0 Å². The molecule has 1 aromatic rings. The minimum Gasteiger partial charge on any atom is -0.207 e. The van der Waals surface area contributed by atoms with E-state index in [1.165, 1.54) is 6.07 Å². The van der Waals surface area contributed by atoms with Gasteiger partial charge >= 0.3 is 6.18 Å². The molecule has 1 saturated carbocycles. The van der Waals surface area contributed by atoms with Crippen molar-refractivity contribution < 1.29 is 17.6 Å². The molecule has 0 atom stereocenters. The van der Waals surface area contributed by atoms with Crippen molar-refractivity contribution in [2.75, 3.05) is 0 Å². The molecule has 0 saturated heterocycles. The maximum atomic E-state index is 12.9. The summed E-state index contributed by atoms with van der Waals surface area (Å²) in [6.07, 6.45) is -4.05. The minimum absolute atomic E-state index is 0.0993.